The SMILES string of the molecule is O=C(O)c1cc2c(o1)SC(C1CC1)CN2. The van der Waals surface area contributed by atoms with Gasteiger partial charge in [-0.2, -0.15) is 0 Å². The second kappa shape index (κ2) is 3.20. The summed E-state index contributed by atoms with van der Waals surface area (Å²) >= 11 is 1.67. The topological polar surface area (TPSA) is 62.5 Å². The number of nitrogens with one attached hydrogen (secondary N) is 1. The van der Waals surface area contributed by atoms with Crippen molar-refractivity contribution in [2.75, 3.05) is 11.9 Å². The van der Waals surface area contributed by atoms with Crippen molar-refractivity contribution in [2.45, 2.75) is 23.2 Å². The maximum Gasteiger partial charge on any atom is 0.371 e. The zero-order chi connectivity index (χ0) is 10.4. The third-order valence-electron chi connectivity index (χ3n) is 2.81. The molecule has 1 saturated carbocycles. The molecule has 1 unspecified atom stereocenters. The Bertz CT molecular complexity index is 411. The summed E-state index contributed by atoms with van der Waals surface area (Å²) in [6, 6.07) is 1.56. The van der Waals surface area contributed by atoms with Crippen LogP contribution in [-0.2, 0) is 0 Å². The maximum atomic E-state index is 10.7. The summed E-state index contributed by atoms with van der Waals surface area (Å²) in [6.45, 7) is 0.918. The number of hydrogen-bond donors (Lipinski definition) is 2. The van der Waals surface area contributed by atoms with Gasteiger partial charge in [0.25, 0.3) is 0 Å². The summed E-state index contributed by atoms with van der Waals surface area (Å²) in [5.74, 6) is -0.194. The van der Waals surface area contributed by atoms with Crippen molar-refractivity contribution >= 4 is 23.4 Å². The van der Waals surface area contributed by atoms with E-state index in [9.17, 15) is 4.79 Å². The molecule has 1 aromatic rings. The van der Waals surface area contributed by atoms with Gasteiger partial charge in [0.1, 0.15) is 0 Å². The summed E-state index contributed by atoms with van der Waals surface area (Å²) in [5, 5.41) is 13.3. The number of carboxylic acid groups (broad SMARTS) is 1. The van der Waals surface area contributed by atoms with Crippen LogP contribution in [0, 0.1) is 5.92 Å². The molecule has 1 aliphatic carbocycles. The average Bonchev–Trinajstić information content (AvgIpc) is 2.96. The molecule has 2 aliphatic rings. The van der Waals surface area contributed by atoms with E-state index in [1.54, 1.807) is 17.8 Å². The Morgan fingerprint density at radius 1 is 1.60 bits per heavy atom. The van der Waals surface area contributed by atoms with Gasteiger partial charge in [0, 0.05) is 17.9 Å². The highest BCUT2D eigenvalue weighted by molar-refractivity contribution is 8.00. The Morgan fingerprint density at radius 2 is 2.40 bits per heavy atom. The van der Waals surface area contributed by atoms with Gasteiger partial charge in [-0.25, -0.2) is 4.79 Å². The van der Waals surface area contributed by atoms with Gasteiger partial charge in [-0.1, -0.05) is 11.8 Å². The predicted octanol–water partition coefficient (Wildman–Crippen LogP) is 2.27. The van der Waals surface area contributed by atoms with Gasteiger partial charge in [-0.15, -0.1) is 0 Å². The van der Waals surface area contributed by atoms with Crippen molar-refractivity contribution < 1.29 is 14.3 Å². The average molecular weight is 225 g/mol. The molecule has 3 rings (SSSR count). The highest BCUT2D eigenvalue weighted by Gasteiger charge is 2.36. The van der Waals surface area contributed by atoms with E-state index in [0.717, 1.165) is 23.2 Å². The highest BCUT2D eigenvalue weighted by atomic mass is 32.2. The van der Waals surface area contributed by atoms with Gasteiger partial charge in [-0.3, -0.25) is 0 Å². The lowest BCUT2D eigenvalue weighted by Gasteiger charge is -2.21. The molecule has 80 valence electrons. The lowest BCUT2D eigenvalue weighted by atomic mass is 10.2. The number of aromatic carboxylic acids is 1. The number of anilines is 1. The Hall–Kier alpha value is -1.10. The maximum absolute atomic E-state index is 10.7. The lowest BCUT2D eigenvalue weighted by molar-refractivity contribution is 0.0656. The van der Waals surface area contributed by atoms with E-state index in [0.29, 0.717) is 5.25 Å². The molecule has 0 aromatic carbocycles. The molecule has 1 fully saturated rings. The summed E-state index contributed by atoms with van der Waals surface area (Å²) in [5.41, 5.74) is 0.828. The van der Waals surface area contributed by atoms with E-state index in [2.05, 4.69) is 5.32 Å². The molecule has 2 heterocycles. The molecule has 1 aliphatic heterocycles. The monoisotopic (exact) mass is 225 g/mol. The van der Waals surface area contributed by atoms with Crippen molar-refractivity contribution in [3.05, 3.63) is 11.8 Å². The Morgan fingerprint density at radius 3 is 3.07 bits per heavy atom. The minimum Gasteiger partial charge on any atom is -0.475 e. The number of carboxylic acids is 1. The molecule has 5 heteroatoms. The fraction of sp³-hybridized carbons (Fsp3) is 0.500. The van der Waals surface area contributed by atoms with Crippen LogP contribution in [0.25, 0.3) is 0 Å². The molecule has 0 saturated heterocycles. The molecule has 4 nitrogen and oxygen atoms in total. The third-order valence-corrected chi connectivity index (χ3v) is 4.18. The molecular weight excluding hydrogens is 214 g/mol. The first-order valence-electron chi connectivity index (χ1n) is 5.01. The third kappa shape index (κ3) is 1.61. The largest absolute Gasteiger partial charge is 0.475 e. The fourth-order valence-corrected chi connectivity index (χ4v) is 3.11. The highest BCUT2D eigenvalue weighted by Crippen LogP contribution is 2.46. The van der Waals surface area contributed by atoms with Crippen LogP contribution in [0.1, 0.15) is 23.4 Å². The number of thioether (sulfide) groups is 1. The molecule has 0 radical (unpaired) electrons. The van der Waals surface area contributed by atoms with Gasteiger partial charge in [0.15, 0.2) is 5.09 Å². The molecule has 1 aromatic heterocycles. The molecule has 15 heavy (non-hydrogen) atoms. The quantitative estimate of drug-likeness (QED) is 0.808. The Kier molecular flexibility index (Phi) is 1.95. The van der Waals surface area contributed by atoms with Gasteiger partial charge in [-0.05, 0) is 18.8 Å². The van der Waals surface area contributed by atoms with Gasteiger partial charge < -0.3 is 14.8 Å². The van der Waals surface area contributed by atoms with Crippen LogP contribution in [0.3, 0.4) is 0 Å². The first-order valence-corrected chi connectivity index (χ1v) is 5.89. The molecule has 0 amide bonds. The second-order valence-electron chi connectivity index (χ2n) is 3.99. The molecule has 1 atom stereocenters. The van der Waals surface area contributed by atoms with Crippen molar-refractivity contribution in [3.63, 3.8) is 0 Å². The van der Waals surface area contributed by atoms with Crippen molar-refractivity contribution in [1.82, 2.24) is 0 Å². The fourth-order valence-electron chi connectivity index (χ4n) is 1.81. The van der Waals surface area contributed by atoms with Gasteiger partial charge in [0.05, 0.1) is 5.69 Å². The van der Waals surface area contributed by atoms with E-state index in [4.69, 9.17) is 9.52 Å². The normalized spacial score (nSPS) is 24.4. The molecular formula is C10H11NO3S. The zero-order valence-corrected chi connectivity index (χ0v) is 8.84. The van der Waals surface area contributed by atoms with Crippen LogP contribution in [-0.4, -0.2) is 22.9 Å². The predicted molar refractivity (Wildman–Crippen MR) is 56.5 cm³/mol. The van der Waals surface area contributed by atoms with Crippen LogP contribution < -0.4 is 5.32 Å². The number of hydrogen-bond acceptors (Lipinski definition) is 4. The standard InChI is InChI=1S/C10H11NO3S/c12-9(13)7-3-6-10(14-7)15-8(4-11-6)5-1-2-5/h3,5,8,11H,1-2,4H2,(H,12,13). The number of fused-ring (bicyclic) bond motifs is 1. The summed E-state index contributed by atoms with van der Waals surface area (Å²) in [4.78, 5) is 10.7. The van der Waals surface area contributed by atoms with Crippen LogP contribution in [0.15, 0.2) is 15.6 Å². The van der Waals surface area contributed by atoms with Crippen molar-refractivity contribution in [3.8, 4) is 0 Å². The van der Waals surface area contributed by atoms with Crippen molar-refractivity contribution in [2.24, 2.45) is 5.92 Å². The zero-order valence-electron chi connectivity index (χ0n) is 8.03. The Balaban J connectivity index is 1.85. The van der Waals surface area contributed by atoms with Crippen LogP contribution in [0.2, 0.25) is 0 Å². The van der Waals surface area contributed by atoms with Crippen LogP contribution in [0.5, 0.6) is 0 Å². The molecule has 0 bridgehead atoms. The van der Waals surface area contributed by atoms with Crippen LogP contribution >= 0.6 is 11.8 Å². The van der Waals surface area contributed by atoms with E-state index in [-0.39, 0.29) is 5.76 Å². The molecule has 0 spiro atoms. The van der Waals surface area contributed by atoms with Gasteiger partial charge in [0.2, 0.25) is 5.76 Å². The Labute approximate surface area is 91.0 Å². The van der Waals surface area contributed by atoms with E-state index >= 15 is 0 Å². The van der Waals surface area contributed by atoms with E-state index < -0.39 is 5.97 Å². The molecule has 2 N–H and O–H groups in total. The number of furan rings is 1. The number of carbonyl (C=O) groups is 1. The number of rotatable bonds is 2. The summed E-state index contributed by atoms with van der Waals surface area (Å²) in [7, 11) is 0. The summed E-state index contributed by atoms with van der Waals surface area (Å²) in [6.07, 6.45) is 2.59. The minimum atomic E-state index is -1.00. The van der Waals surface area contributed by atoms with E-state index in [1.807, 2.05) is 0 Å². The van der Waals surface area contributed by atoms with Gasteiger partial charge >= 0.3 is 5.97 Å². The summed E-state index contributed by atoms with van der Waals surface area (Å²) < 4.78 is 5.28. The van der Waals surface area contributed by atoms with E-state index in [1.165, 1.54) is 12.8 Å². The first kappa shape index (κ1) is 9.15. The minimum absolute atomic E-state index is 0.0245. The van der Waals surface area contributed by atoms with Crippen molar-refractivity contribution in [1.29, 1.82) is 0 Å². The second-order valence-corrected chi connectivity index (χ2v) is 5.20. The lowest BCUT2D eigenvalue weighted by Crippen LogP contribution is -2.22. The van der Waals surface area contributed by atoms with Crippen LogP contribution in [0.4, 0.5) is 5.69 Å². The smallest absolute Gasteiger partial charge is 0.371 e. The first-order chi connectivity index (χ1) is 7.24.